The van der Waals surface area contributed by atoms with Crippen molar-refractivity contribution in [2.45, 2.75) is 38.6 Å². The molecule has 0 aromatic heterocycles. The van der Waals surface area contributed by atoms with Gasteiger partial charge in [0.05, 0.1) is 0 Å². The maximum atomic E-state index is 3.50. The van der Waals surface area contributed by atoms with Crippen molar-refractivity contribution in [2.75, 3.05) is 7.05 Å². The summed E-state index contributed by atoms with van der Waals surface area (Å²) in [5.41, 5.74) is 7.22. The first-order chi connectivity index (χ1) is 9.67. The summed E-state index contributed by atoms with van der Waals surface area (Å²) in [6.07, 6.45) is 2.43. The van der Waals surface area contributed by atoms with Crippen LogP contribution in [-0.2, 0) is 6.42 Å². The topological polar surface area (TPSA) is 12.0 Å². The van der Waals surface area contributed by atoms with Gasteiger partial charge in [-0.25, -0.2) is 0 Å². The Kier molecular flexibility index (Phi) is 3.62. The number of hydrogen-bond acceptors (Lipinski definition) is 1. The summed E-state index contributed by atoms with van der Waals surface area (Å²) in [6, 6.07) is 16.2. The lowest BCUT2D eigenvalue weighted by Crippen LogP contribution is -2.25. The van der Waals surface area contributed by atoms with Crippen molar-refractivity contribution in [3.8, 4) is 0 Å². The molecule has 0 heterocycles. The molecule has 3 rings (SSSR count). The standard InChI is InChI=1S/C19H23N/c1-13-8-14(2)10-17(9-13)19(20-3)12-16-11-15-6-4-5-7-18(15)16/h4-10,16,19-20H,11-12H2,1-3H3. The SMILES string of the molecule is CNC(CC1Cc2ccccc21)c1cc(C)cc(C)c1. The van der Waals surface area contributed by atoms with Crippen LogP contribution in [0, 0.1) is 13.8 Å². The molecule has 1 N–H and O–H groups in total. The van der Waals surface area contributed by atoms with Crippen molar-refractivity contribution < 1.29 is 0 Å². The lowest BCUT2D eigenvalue weighted by atomic mass is 9.73. The Balaban J connectivity index is 1.79. The summed E-state index contributed by atoms with van der Waals surface area (Å²) in [4.78, 5) is 0. The molecule has 0 bridgehead atoms. The van der Waals surface area contributed by atoms with E-state index in [1.165, 1.54) is 35.1 Å². The Morgan fingerprint density at radius 1 is 1.10 bits per heavy atom. The lowest BCUT2D eigenvalue weighted by molar-refractivity contribution is 0.452. The molecule has 0 amide bonds. The second-order valence-corrected chi connectivity index (χ2v) is 6.10. The van der Waals surface area contributed by atoms with Crippen molar-refractivity contribution >= 4 is 0 Å². The molecular weight excluding hydrogens is 242 g/mol. The van der Waals surface area contributed by atoms with Crippen molar-refractivity contribution in [2.24, 2.45) is 0 Å². The quantitative estimate of drug-likeness (QED) is 0.869. The Morgan fingerprint density at radius 3 is 2.45 bits per heavy atom. The molecule has 104 valence electrons. The van der Waals surface area contributed by atoms with Crippen molar-refractivity contribution in [1.29, 1.82) is 0 Å². The van der Waals surface area contributed by atoms with Gasteiger partial charge in [0.15, 0.2) is 0 Å². The van der Waals surface area contributed by atoms with Gasteiger partial charge in [-0.3, -0.25) is 0 Å². The highest BCUT2D eigenvalue weighted by molar-refractivity contribution is 5.40. The molecule has 2 atom stereocenters. The summed E-state index contributed by atoms with van der Waals surface area (Å²) in [5, 5.41) is 3.50. The van der Waals surface area contributed by atoms with Crippen LogP contribution in [0.4, 0.5) is 0 Å². The summed E-state index contributed by atoms with van der Waals surface area (Å²) in [7, 11) is 2.08. The summed E-state index contributed by atoms with van der Waals surface area (Å²) < 4.78 is 0. The van der Waals surface area contributed by atoms with Crippen LogP contribution in [0.3, 0.4) is 0 Å². The fourth-order valence-corrected chi connectivity index (χ4v) is 3.49. The van der Waals surface area contributed by atoms with Crippen LogP contribution in [0.25, 0.3) is 0 Å². The molecule has 0 radical (unpaired) electrons. The van der Waals surface area contributed by atoms with Crippen LogP contribution in [0.2, 0.25) is 0 Å². The van der Waals surface area contributed by atoms with Crippen LogP contribution in [-0.4, -0.2) is 7.05 Å². The zero-order valence-corrected chi connectivity index (χ0v) is 12.6. The monoisotopic (exact) mass is 265 g/mol. The Labute approximate surface area is 122 Å². The summed E-state index contributed by atoms with van der Waals surface area (Å²) in [5.74, 6) is 0.712. The second-order valence-electron chi connectivity index (χ2n) is 6.10. The van der Waals surface area contributed by atoms with Gasteiger partial charge in [-0.05, 0) is 56.3 Å². The maximum Gasteiger partial charge on any atom is 0.0323 e. The van der Waals surface area contributed by atoms with E-state index in [1.54, 1.807) is 5.56 Å². The lowest BCUT2D eigenvalue weighted by Gasteiger charge is -2.33. The molecule has 1 aliphatic carbocycles. The molecule has 0 saturated carbocycles. The molecule has 20 heavy (non-hydrogen) atoms. The van der Waals surface area contributed by atoms with E-state index in [9.17, 15) is 0 Å². The van der Waals surface area contributed by atoms with Crippen LogP contribution in [0.5, 0.6) is 0 Å². The predicted molar refractivity (Wildman–Crippen MR) is 85.2 cm³/mol. The van der Waals surface area contributed by atoms with Gasteiger partial charge in [-0.1, -0.05) is 53.6 Å². The Bertz CT molecular complexity index is 595. The highest BCUT2D eigenvalue weighted by Crippen LogP contribution is 2.40. The average Bonchev–Trinajstić information content (AvgIpc) is 2.39. The molecule has 0 spiro atoms. The van der Waals surface area contributed by atoms with E-state index in [0.717, 1.165) is 0 Å². The normalized spacial score (nSPS) is 18.2. The highest BCUT2D eigenvalue weighted by atomic mass is 14.9. The van der Waals surface area contributed by atoms with E-state index in [-0.39, 0.29) is 0 Å². The zero-order chi connectivity index (χ0) is 14.1. The van der Waals surface area contributed by atoms with Gasteiger partial charge >= 0.3 is 0 Å². The molecule has 1 aliphatic rings. The smallest absolute Gasteiger partial charge is 0.0323 e. The van der Waals surface area contributed by atoms with E-state index in [1.807, 2.05) is 0 Å². The number of aryl methyl sites for hydroxylation is 2. The van der Waals surface area contributed by atoms with Gasteiger partial charge in [-0.15, -0.1) is 0 Å². The minimum absolute atomic E-state index is 0.451. The third kappa shape index (κ3) is 2.51. The number of benzene rings is 2. The molecule has 1 heteroatoms. The van der Waals surface area contributed by atoms with Crippen LogP contribution >= 0.6 is 0 Å². The number of hydrogen-bond donors (Lipinski definition) is 1. The van der Waals surface area contributed by atoms with E-state index < -0.39 is 0 Å². The third-order valence-electron chi connectivity index (χ3n) is 4.48. The van der Waals surface area contributed by atoms with Gasteiger partial charge in [0.25, 0.3) is 0 Å². The highest BCUT2D eigenvalue weighted by Gasteiger charge is 2.28. The Hall–Kier alpha value is -1.60. The zero-order valence-electron chi connectivity index (χ0n) is 12.6. The van der Waals surface area contributed by atoms with E-state index in [0.29, 0.717) is 12.0 Å². The summed E-state index contributed by atoms with van der Waals surface area (Å²) >= 11 is 0. The van der Waals surface area contributed by atoms with Gasteiger partial charge in [0, 0.05) is 6.04 Å². The molecule has 0 aliphatic heterocycles. The van der Waals surface area contributed by atoms with Crippen LogP contribution in [0.1, 0.15) is 46.2 Å². The van der Waals surface area contributed by atoms with E-state index in [4.69, 9.17) is 0 Å². The first-order valence-electron chi connectivity index (χ1n) is 7.50. The minimum Gasteiger partial charge on any atom is -0.313 e. The van der Waals surface area contributed by atoms with E-state index >= 15 is 0 Å². The van der Waals surface area contributed by atoms with Gasteiger partial charge in [-0.2, -0.15) is 0 Å². The predicted octanol–water partition coefficient (Wildman–Crippen LogP) is 4.29. The molecule has 2 aromatic carbocycles. The molecule has 0 fully saturated rings. The molecule has 0 saturated heterocycles. The fraction of sp³-hybridized carbons (Fsp3) is 0.368. The first-order valence-corrected chi connectivity index (χ1v) is 7.50. The van der Waals surface area contributed by atoms with Crippen molar-refractivity contribution in [3.63, 3.8) is 0 Å². The first kappa shape index (κ1) is 13.4. The minimum atomic E-state index is 0.451. The number of rotatable bonds is 4. The molecule has 1 nitrogen and oxygen atoms in total. The molecular formula is C19H23N. The average molecular weight is 265 g/mol. The number of fused-ring (bicyclic) bond motifs is 1. The largest absolute Gasteiger partial charge is 0.313 e. The summed E-state index contributed by atoms with van der Waals surface area (Å²) in [6.45, 7) is 4.36. The van der Waals surface area contributed by atoms with Gasteiger partial charge in [0.2, 0.25) is 0 Å². The molecule has 2 aromatic rings. The maximum absolute atomic E-state index is 3.50. The van der Waals surface area contributed by atoms with Gasteiger partial charge in [0.1, 0.15) is 0 Å². The third-order valence-corrected chi connectivity index (χ3v) is 4.48. The van der Waals surface area contributed by atoms with Gasteiger partial charge < -0.3 is 5.32 Å². The van der Waals surface area contributed by atoms with Crippen LogP contribution < -0.4 is 5.32 Å². The number of nitrogens with one attached hydrogen (secondary N) is 1. The second kappa shape index (κ2) is 5.41. The Morgan fingerprint density at radius 2 is 1.80 bits per heavy atom. The molecule has 2 unspecified atom stereocenters. The van der Waals surface area contributed by atoms with E-state index in [2.05, 4.69) is 68.7 Å². The van der Waals surface area contributed by atoms with Crippen molar-refractivity contribution in [1.82, 2.24) is 5.32 Å². The fourth-order valence-electron chi connectivity index (χ4n) is 3.49. The van der Waals surface area contributed by atoms with Crippen LogP contribution in [0.15, 0.2) is 42.5 Å². The van der Waals surface area contributed by atoms with Crippen molar-refractivity contribution in [3.05, 3.63) is 70.3 Å².